The summed E-state index contributed by atoms with van der Waals surface area (Å²) in [7, 11) is 0. The monoisotopic (exact) mass is 370 g/mol. The van der Waals surface area contributed by atoms with E-state index in [4.69, 9.17) is 5.11 Å². The van der Waals surface area contributed by atoms with Gasteiger partial charge in [0.25, 0.3) is 0 Å². The third kappa shape index (κ3) is 7.94. The quantitative estimate of drug-likeness (QED) is 0.406. The average molecular weight is 370 g/mol. The number of aliphatic hydroxyl groups is 2. The molecule has 0 aromatic heterocycles. The van der Waals surface area contributed by atoms with Gasteiger partial charge < -0.3 is 15.3 Å². The maximum atomic E-state index is 10.5. The summed E-state index contributed by atoms with van der Waals surface area (Å²) >= 11 is 0. The number of hydrogen-bond acceptors (Lipinski definition) is 3. The lowest BCUT2D eigenvalue weighted by Crippen LogP contribution is -2.15. The van der Waals surface area contributed by atoms with Gasteiger partial charge in [-0.1, -0.05) is 66.3 Å². The zero-order valence-electron chi connectivity index (χ0n) is 15.7. The maximum absolute atomic E-state index is 10.5. The highest BCUT2D eigenvalue weighted by Gasteiger charge is 2.24. The molecule has 0 fully saturated rings. The standard InChI is InChI=1S/C23H30O4/c24-20(14-12-18-8-4-3-5-9-18)15-16-21-19(13-17-22(21)25)10-6-1-2-7-11-23(26)27/h1,3-6,8-9,13,15-16,20-22,24-25H,2,7,10-12,14,17H2,(H,26,27)/b6-1-,16-15+/t20-,21+,22+/m0/s1. The van der Waals surface area contributed by atoms with Crippen LogP contribution in [0, 0.1) is 5.92 Å². The third-order valence-electron chi connectivity index (χ3n) is 4.86. The van der Waals surface area contributed by atoms with Gasteiger partial charge in [0, 0.05) is 12.3 Å². The van der Waals surface area contributed by atoms with Crippen molar-refractivity contribution in [1.82, 2.24) is 0 Å². The van der Waals surface area contributed by atoms with Crippen molar-refractivity contribution in [2.24, 2.45) is 5.92 Å². The molecule has 2 rings (SSSR count). The highest BCUT2D eigenvalue weighted by molar-refractivity contribution is 5.66. The normalized spacial score (nSPS) is 21.0. The number of aliphatic carboxylic acids is 1. The van der Waals surface area contributed by atoms with E-state index in [9.17, 15) is 15.0 Å². The highest BCUT2D eigenvalue weighted by atomic mass is 16.4. The first-order chi connectivity index (χ1) is 13.1. The van der Waals surface area contributed by atoms with Gasteiger partial charge in [-0.3, -0.25) is 4.79 Å². The fraction of sp³-hybridized carbons (Fsp3) is 0.435. The number of aliphatic hydroxyl groups excluding tert-OH is 2. The van der Waals surface area contributed by atoms with Gasteiger partial charge in [0.15, 0.2) is 0 Å². The van der Waals surface area contributed by atoms with Crippen molar-refractivity contribution >= 4 is 5.97 Å². The van der Waals surface area contributed by atoms with Gasteiger partial charge in [0.05, 0.1) is 12.2 Å². The molecule has 1 aromatic rings. The minimum atomic E-state index is -0.763. The molecular formula is C23H30O4. The molecule has 0 spiro atoms. The number of aryl methyl sites for hydroxylation is 1. The van der Waals surface area contributed by atoms with E-state index in [0.717, 1.165) is 24.8 Å². The molecular weight excluding hydrogens is 340 g/mol. The number of allylic oxidation sites excluding steroid dienone is 2. The fourth-order valence-electron chi connectivity index (χ4n) is 3.29. The van der Waals surface area contributed by atoms with Crippen molar-refractivity contribution in [2.75, 3.05) is 0 Å². The average Bonchev–Trinajstić information content (AvgIpc) is 3.01. The second kappa shape index (κ2) is 11.5. The van der Waals surface area contributed by atoms with Crippen LogP contribution in [0.2, 0.25) is 0 Å². The van der Waals surface area contributed by atoms with Crippen molar-refractivity contribution in [3.05, 3.63) is 71.8 Å². The second-order valence-electron chi connectivity index (χ2n) is 7.05. The van der Waals surface area contributed by atoms with Crippen LogP contribution in [-0.4, -0.2) is 33.5 Å². The summed E-state index contributed by atoms with van der Waals surface area (Å²) in [6.45, 7) is 0. The van der Waals surface area contributed by atoms with Crippen LogP contribution in [-0.2, 0) is 11.2 Å². The van der Waals surface area contributed by atoms with Crippen molar-refractivity contribution in [2.45, 2.75) is 57.2 Å². The van der Waals surface area contributed by atoms with Crippen LogP contribution in [0.25, 0.3) is 0 Å². The van der Waals surface area contributed by atoms with Crippen molar-refractivity contribution in [3.8, 4) is 0 Å². The van der Waals surface area contributed by atoms with Crippen molar-refractivity contribution in [3.63, 3.8) is 0 Å². The van der Waals surface area contributed by atoms with Gasteiger partial charge in [-0.25, -0.2) is 0 Å². The Morgan fingerprint density at radius 1 is 1.22 bits per heavy atom. The van der Waals surface area contributed by atoms with E-state index in [2.05, 4.69) is 18.2 Å². The lowest BCUT2D eigenvalue weighted by atomic mass is 9.95. The molecule has 0 heterocycles. The van der Waals surface area contributed by atoms with E-state index in [1.54, 1.807) is 6.08 Å². The summed E-state index contributed by atoms with van der Waals surface area (Å²) < 4.78 is 0. The first-order valence-corrected chi connectivity index (χ1v) is 9.70. The lowest BCUT2D eigenvalue weighted by Gasteiger charge is -2.15. The molecule has 0 aliphatic heterocycles. The van der Waals surface area contributed by atoms with Crippen LogP contribution < -0.4 is 0 Å². The van der Waals surface area contributed by atoms with Gasteiger partial charge in [-0.05, 0) is 44.1 Å². The molecule has 0 saturated heterocycles. The molecule has 0 saturated carbocycles. The highest BCUT2D eigenvalue weighted by Crippen LogP contribution is 2.30. The van der Waals surface area contributed by atoms with Gasteiger partial charge in [0.1, 0.15) is 0 Å². The molecule has 0 radical (unpaired) electrons. The largest absolute Gasteiger partial charge is 0.481 e. The molecule has 4 heteroatoms. The smallest absolute Gasteiger partial charge is 0.303 e. The Hall–Kier alpha value is -2.17. The van der Waals surface area contributed by atoms with Crippen LogP contribution in [0.4, 0.5) is 0 Å². The number of carbonyl (C=O) groups is 1. The predicted octanol–water partition coefficient (Wildman–Crippen LogP) is 4.04. The molecule has 3 atom stereocenters. The summed E-state index contributed by atoms with van der Waals surface area (Å²) in [4.78, 5) is 10.5. The number of hydrogen-bond donors (Lipinski definition) is 3. The summed E-state index contributed by atoms with van der Waals surface area (Å²) in [6, 6.07) is 10.1. The second-order valence-corrected chi connectivity index (χ2v) is 7.05. The number of unbranched alkanes of at least 4 members (excludes halogenated alkanes) is 1. The predicted molar refractivity (Wildman–Crippen MR) is 107 cm³/mol. The first-order valence-electron chi connectivity index (χ1n) is 9.70. The summed E-state index contributed by atoms with van der Waals surface area (Å²) in [5, 5.41) is 29.0. The number of carboxylic acid groups (broad SMARTS) is 1. The van der Waals surface area contributed by atoms with Gasteiger partial charge >= 0.3 is 5.97 Å². The Labute approximate surface area is 161 Å². The first kappa shape index (κ1) is 21.1. The van der Waals surface area contributed by atoms with Gasteiger partial charge in [-0.2, -0.15) is 0 Å². The van der Waals surface area contributed by atoms with Crippen LogP contribution in [0.15, 0.2) is 66.3 Å². The zero-order valence-corrected chi connectivity index (χ0v) is 15.7. The van der Waals surface area contributed by atoms with E-state index in [1.165, 1.54) is 5.56 Å². The van der Waals surface area contributed by atoms with Crippen molar-refractivity contribution in [1.29, 1.82) is 0 Å². The Bertz CT molecular complexity index is 660. The molecule has 0 amide bonds. The fourth-order valence-corrected chi connectivity index (χ4v) is 3.29. The van der Waals surface area contributed by atoms with Crippen LogP contribution in [0.3, 0.4) is 0 Å². The summed E-state index contributed by atoms with van der Waals surface area (Å²) in [6.07, 6.45) is 13.3. The van der Waals surface area contributed by atoms with E-state index in [-0.39, 0.29) is 12.3 Å². The SMILES string of the molecule is O=C(O)CCC/C=C\CC1=CC[C@@H](O)[C@@H]1/C=C/[C@@H](O)CCc1ccccc1. The molecule has 0 bridgehead atoms. The van der Waals surface area contributed by atoms with Crippen LogP contribution in [0.5, 0.6) is 0 Å². The summed E-state index contributed by atoms with van der Waals surface area (Å²) in [5.41, 5.74) is 2.36. The lowest BCUT2D eigenvalue weighted by molar-refractivity contribution is -0.137. The molecule has 4 nitrogen and oxygen atoms in total. The third-order valence-corrected chi connectivity index (χ3v) is 4.86. The molecule has 3 N–H and O–H groups in total. The number of benzene rings is 1. The number of rotatable bonds is 11. The van der Waals surface area contributed by atoms with Crippen molar-refractivity contribution < 1.29 is 20.1 Å². The number of carboxylic acids is 1. The minimum Gasteiger partial charge on any atom is -0.481 e. The molecule has 146 valence electrons. The van der Waals surface area contributed by atoms with E-state index in [0.29, 0.717) is 19.3 Å². The van der Waals surface area contributed by atoms with Gasteiger partial charge in [0.2, 0.25) is 0 Å². The maximum Gasteiger partial charge on any atom is 0.303 e. The van der Waals surface area contributed by atoms with E-state index >= 15 is 0 Å². The Morgan fingerprint density at radius 3 is 2.74 bits per heavy atom. The Morgan fingerprint density at radius 2 is 2.00 bits per heavy atom. The van der Waals surface area contributed by atoms with Crippen LogP contribution in [0.1, 0.15) is 44.1 Å². The Kier molecular flexibility index (Phi) is 9.02. The van der Waals surface area contributed by atoms with Crippen LogP contribution >= 0.6 is 0 Å². The zero-order chi connectivity index (χ0) is 19.5. The Balaban J connectivity index is 1.77. The van der Waals surface area contributed by atoms with E-state index < -0.39 is 18.2 Å². The molecule has 1 aliphatic rings. The molecule has 1 aliphatic carbocycles. The molecule has 1 aromatic carbocycles. The topological polar surface area (TPSA) is 77.8 Å². The van der Waals surface area contributed by atoms with Gasteiger partial charge in [-0.15, -0.1) is 0 Å². The minimum absolute atomic E-state index is 0.0555. The summed E-state index contributed by atoms with van der Waals surface area (Å²) in [5.74, 6) is -0.818. The molecule has 0 unspecified atom stereocenters. The van der Waals surface area contributed by atoms with E-state index in [1.807, 2.05) is 36.4 Å². The molecule has 27 heavy (non-hydrogen) atoms.